The van der Waals surface area contributed by atoms with Crippen molar-refractivity contribution in [3.8, 4) is 5.75 Å². The predicted molar refractivity (Wildman–Crippen MR) is 75.9 cm³/mol. The zero-order chi connectivity index (χ0) is 14.4. The summed E-state index contributed by atoms with van der Waals surface area (Å²) in [6.07, 6.45) is 0.967. The number of nitrogens with one attached hydrogen (secondary N) is 1. The molecule has 106 valence electrons. The predicted octanol–water partition coefficient (Wildman–Crippen LogP) is 4.37. The second-order valence-corrected chi connectivity index (χ2v) is 4.50. The number of hydrogen-bond acceptors (Lipinski definition) is 2. The third kappa shape index (κ3) is 4.23. The molecule has 0 radical (unpaired) electrons. The summed E-state index contributed by atoms with van der Waals surface area (Å²) in [6, 6.07) is 11.0. The van der Waals surface area contributed by atoms with Gasteiger partial charge >= 0.3 is 0 Å². The van der Waals surface area contributed by atoms with Crippen molar-refractivity contribution < 1.29 is 13.5 Å². The lowest BCUT2D eigenvalue weighted by Crippen LogP contribution is -2.01. The minimum absolute atomic E-state index is 0.425. The molecule has 0 fully saturated rings. The van der Waals surface area contributed by atoms with Crippen LogP contribution >= 0.6 is 0 Å². The Balaban J connectivity index is 1.93. The van der Waals surface area contributed by atoms with Crippen LogP contribution in [0.1, 0.15) is 18.9 Å². The molecule has 2 rings (SSSR count). The van der Waals surface area contributed by atoms with Gasteiger partial charge in [0.2, 0.25) is 0 Å². The van der Waals surface area contributed by atoms with Crippen LogP contribution in [0.25, 0.3) is 0 Å². The fourth-order valence-corrected chi connectivity index (χ4v) is 1.78. The Labute approximate surface area is 117 Å². The van der Waals surface area contributed by atoms with Crippen LogP contribution < -0.4 is 10.1 Å². The van der Waals surface area contributed by atoms with Crippen LogP contribution in [0.4, 0.5) is 14.5 Å². The number of benzene rings is 2. The smallest absolute Gasteiger partial charge is 0.128 e. The van der Waals surface area contributed by atoms with Crippen LogP contribution in [0.2, 0.25) is 0 Å². The molecule has 0 saturated carbocycles. The summed E-state index contributed by atoms with van der Waals surface area (Å²) in [5.74, 6) is -0.348. The average molecular weight is 277 g/mol. The molecule has 0 heterocycles. The second-order valence-electron chi connectivity index (χ2n) is 4.50. The van der Waals surface area contributed by atoms with Crippen molar-refractivity contribution >= 4 is 5.69 Å². The van der Waals surface area contributed by atoms with Crippen LogP contribution in [-0.4, -0.2) is 6.61 Å². The molecule has 0 atom stereocenters. The number of hydrogen-bond donors (Lipinski definition) is 1. The molecule has 0 aromatic heterocycles. The molecule has 0 spiro atoms. The molecule has 0 aliphatic rings. The summed E-state index contributed by atoms with van der Waals surface area (Å²) >= 11 is 0. The summed E-state index contributed by atoms with van der Waals surface area (Å²) in [4.78, 5) is 0. The summed E-state index contributed by atoms with van der Waals surface area (Å²) < 4.78 is 31.5. The summed E-state index contributed by atoms with van der Waals surface area (Å²) in [6.45, 7) is 3.24. The minimum Gasteiger partial charge on any atom is -0.494 e. The highest BCUT2D eigenvalue weighted by Crippen LogP contribution is 2.16. The van der Waals surface area contributed by atoms with E-state index in [9.17, 15) is 8.78 Å². The van der Waals surface area contributed by atoms with Crippen molar-refractivity contribution in [2.75, 3.05) is 11.9 Å². The molecule has 0 aliphatic carbocycles. The van der Waals surface area contributed by atoms with Gasteiger partial charge in [0.15, 0.2) is 0 Å². The molecule has 0 amide bonds. The Morgan fingerprint density at radius 3 is 2.25 bits per heavy atom. The Bertz CT molecular complexity index is 535. The molecule has 2 nitrogen and oxygen atoms in total. The highest BCUT2D eigenvalue weighted by Gasteiger charge is 2.01. The number of ether oxygens (including phenoxy) is 1. The van der Waals surface area contributed by atoms with Gasteiger partial charge in [-0.25, -0.2) is 8.78 Å². The SMILES string of the molecule is CCCOc1ccc(CNc2cc(F)cc(F)c2)cc1. The van der Waals surface area contributed by atoms with Crippen LogP contribution in [0.5, 0.6) is 5.75 Å². The molecule has 0 bridgehead atoms. The maximum absolute atomic E-state index is 13.0. The van der Waals surface area contributed by atoms with E-state index in [0.29, 0.717) is 18.8 Å². The number of rotatable bonds is 6. The van der Waals surface area contributed by atoms with E-state index in [-0.39, 0.29) is 0 Å². The highest BCUT2D eigenvalue weighted by molar-refractivity contribution is 5.44. The lowest BCUT2D eigenvalue weighted by atomic mass is 10.2. The van der Waals surface area contributed by atoms with Crippen molar-refractivity contribution in [1.29, 1.82) is 0 Å². The van der Waals surface area contributed by atoms with Crippen LogP contribution in [-0.2, 0) is 6.54 Å². The first-order chi connectivity index (χ1) is 9.67. The van der Waals surface area contributed by atoms with E-state index in [1.807, 2.05) is 24.3 Å². The Kier molecular flexibility index (Phi) is 4.93. The quantitative estimate of drug-likeness (QED) is 0.846. The van der Waals surface area contributed by atoms with Crippen molar-refractivity contribution in [2.24, 2.45) is 0 Å². The van der Waals surface area contributed by atoms with Gasteiger partial charge in [-0.3, -0.25) is 0 Å². The first-order valence-electron chi connectivity index (χ1n) is 6.59. The molecule has 4 heteroatoms. The van der Waals surface area contributed by atoms with E-state index in [2.05, 4.69) is 12.2 Å². The molecule has 2 aromatic rings. The summed E-state index contributed by atoms with van der Waals surface area (Å²) in [5, 5.41) is 2.98. The third-order valence-corrected chi connectivity index (χ3v) is 2.76. The van der Waals surface area contributed by atoms with E-state index < -0.39 is 11.6 Å². The normalized spacial score (nSPS) is 10.3. The van der Waals surface area contributed by atoms with E-state index in [4.69, 9.17) is 4.74 Å². The molecule has 0 unspecified atom stereocenters. The van der Waals surface area contributed by atoms with E-state index in [1.54, 1.807) is 0 Å². The molecule has 0 aliphatic heterocycles. The summed E-state index contributed by atoms with van der Waals surface area (Å²) in [5.41, 5.74) is 1.44. The topological polar surface area (TPSA) is 21.3 Å². The van der Waals surface area contributed by atoms with Gasteiger partial charge in [-0.05, 0) is 36.2 Å². The van der Waals surface area contributed by atoms with Crippen LogP contribution in [0, 0.1) is 11.6 Å². The molecular weight excluding hydrogens is 260 g/mol. The Morgan fingerprint density at radius 1 is 1.00 bits per heavy atom. The zero-order valence-corrected chi connectivity index (χ0v) is 11.3. The highest BCUT2D eigenvalue weighted by atomic mass is 19.1. The van der Waals surface area contributed by atoms with Crippen LogP contribution in [0.15, 0.2) is 42.5 Å². The second kappa shape index (κ2) is 6.89. The van der Waals surface area contributed by atoms with E-state index in [0.717, 1.165) is 23.8 Å². The first kappa shape index (κ1) is 14.3. The van der Waals surface area contributed by atoms with Gasteiger partial charge in [-0.15, -0.1) is 0 Å². The average Bonchev–Trinajstić information content (AvgIpc) is 2.43. The maximum atomic E-state index is 13.0. The molecule has 0 saturated heterocycles. The van der Waals surface area contributed by atoms with E-state index in [1.165, 1.54) is 12.1 Å². The standard InChI is InChI=1S/C16H17F2NO/c1-2-7-20-16-5-3-12(4-6-16)11-19-15-9-13(17)8-14(18)10-15/h3-6,8-10,19H,2,7,11H2,1H3. The van der Waals surface area contributed by atoms with Gasteiger partial charge in [0.25, 0.3) is 0 Å². The summed E-state index contributed by atoms with van der Waals surface area (Å²) in [7, 11) is 0. The fraction of sp³-hybridized carbons (Fsp3) is 0.250. The Morgan fingerprint density at radius 2 is 1.65 bits per heavy atom. The zero-order valence-electron chi connectivity index (χ0n) is 11.3. The van der Waals surface area contributed by atoms with Crippen LogP contribution in [0.3, 0.4) is 0 Å². The van der Waals surface area contributed by atoms with Gasteiger partial charge in [0, 0.05) is 18.3 Å². The monoisotopic (exact) mass is 277 g/mol. The minimum atomic E-state index is -0.587. The number of anilines is 1. The molecular formula is C16H17F2NO. The third-order valence-electron chi connectivity index (χ3n) is 2.76. The van der Waals surface area contributed by atoms with Gasteiger partial charge in [0.1, 0.15) is 17.4 Å². The van der Waals surface area contributed by atoms with Crippen molar-refractivity contribution in [2.45, 2.75) is 19.9 Å². The number of halogens is 2. The largest absolute Gasteiger partial charge is 0.494 e. The van der Waals surface area contributed by atoms with Gasteiger partial charge < -0.3 is 10.1 Å². The molecule has 2 aromatic carbocycles. The first-order valence-corrected chi connectivity index (χ1v) is 6.59. The van der Waals surface area contributed by atoms with Crippen molar-refractivity contribution in [3.05, 3.63) is 59.7 Å². The lowest BCUT2D eigenvalue weighted by Gasteiger charge is -2.08. The lowest BCUT2D eigenvalue weighted by molar-refractivity contribution is 0.317. The van der Waals surface area contributed by atoms with Crippen molar-refractivity contribution in [3.63, 3.8) is 0 Å². The van der Waals surface area contributed by atoms with Gasteiger partial charge in [-0.2, -0.15) is 0 Å². The van der Waals surface area contributed by atoms with E-state index >= 15 is 0 Å². The maximum Gasteiger partial charge on any atom is 0.128 e. The van der Waals surface area contributed by atoms with Gasteiger partial charge in [-0.1, -0.05) is 19.1 Å². The van der Waals surface area contributed by atoms with Gasteiger partial charge in [0.05, 0.1) is 6.61 Å². The Hall–Kier alpha value is -2.10. The fourth-order valence-electron chi connectivity index (χ4n) is 1.78. The molecule has 1 N–H and O–H groups in total. The van der Waals surface area contributed by atoms with Crippen molar-refractivity contribution in [1.82, 2.24) is 0 Å². The molecule has 20 heavy (non-hydrogen) atoms.